The molecule has 4 atom stereocenters. The average Bonchev–Trinajstić information content (AvgIpc) is 0.813. The molecule has 4 amide bonds. The maximum absolute atomic E-state index is 11.9. The molecule has 0 unspecified atom stereocenters. The Balaban J connectivity index is 0.000000206. The molecular weight excluding hydrogens is 1730 g/mol. The number of para-hydroxylation sites is 2. The number of terminal acetylenes is 2. The summed E-state index contributed by atoms with van der Waals surface area (Å²) in [6.07, 6.45) is 19.7. The lowest BCUT2D eigenvalue weighted by atomic mass is 9.96. The van der Waals surface area contributed by atoms with Gasteiger partial charge in [-0.2, -0.15) is 21.0 Å². The molecule has 4 fully saturated rings. The molecule has 0 radical (unpaired) electrons. The highest BCUT2D eigenvalue weighted by atomic mass is 16.6. The van der Waals surface area contributed by atoms with Crippen molar-refractivity contribution in [3.8, 4) is 151 Å². The van der Waals surface area contributed by atoms with Crippen LogP contribution in [-0.2, 0) is 47.6 Å². The van der Waals surface area contributed by atoms with Gasteiger partial charge in [-0.3, -0.25) is 19.2 Å². The molecule has 28 heteroatoms. The largest absolute Gasteiger partial charge is 0.496 e. The van der Waals surface area contributed by atoms with Crippen LogP contribution in [-0.4, -0.2) is 241 Å². The molecule has 4 saturated heterocycles. The van der Waals surface area contributed by atoms with Gasteiger partial charge in [-0.05, 0) is 162 Å². The van der Waals surface area contributed by atoms with Crippen molar-refractivity contribution in [1.29, 1.82) is 21.0 Å². The highest BCUT2D eigenvalue weighted by Gasteiger charge is 2.33. The van der Waals surface area contributed by atoms with Crippen LogP contribution in [0, 0.1) is 81.8 Å². The minimum atomic E-state index is -0.0691. The Morgan fingerprint density at radius 3 is 0.985 bits per heavy atom. The Hall–Kier alpha value is -14.6. The molecule has 136 heavy (non-hydrogen) atoms. The van der Waals surface area contributed by atoms with Gasteiger partial charge in [0.05, 0.1) is 141 Å². The second-order valence-corrected chi connectivity index (χ2v) is 31.7. The summed E-state index contributed by atoms with van der Waals surface area (Å²) in [6, 6.07) is 57.2. The molecule has 0 aromatic heterocycles. The standard InChI is InChI=1S/2C31H36N2O7.2C23H24N2O3/c1-4-12-36-13-14-37-15-16-38-17-18-39-27-6-7-30(35-3)29(22-27)25-19-24(23-32)20-28(21-25)40-26-8-10-33(11-9-26)31(34)5-2;1-4-12-36-13-14-37-15-16-38-17-18-39-27-6-7-29(30(22-27)35-3)25-19-24(23-32)20-28(21-25)40-26-8-10-33(11-9-26)31(34)5-2;2*1-4-23(26)25-10-9-21(16(2)15-25)28-19-12-17(14-24)11-18(13-19)20-7-5-6-8-22(20)27-3/h2*1,5-7,19-22,26H,2,8-18H2,3H3;2*4-8,11-13,16,21H,1,9-10,15H2,2-3H3/t;;16-,21+;16-,21-/m..10/s1. The van der Waals surface area contributed by atoms with Gasteiger partial charge >= 0.3 is 0 Å². The zero-order chi connectivity index (χ0) is 97.4. The van der Waals surface area contributed by atoms with E-state index in [9.17, 15) is 40.2 Å². The summed E-state index contributed by atoms with van der Waals surface area (Å²) < 4.78 is 91.0. The van der Waals surface area contributed by atoms with Gasteiger partial charge in [0, 0.05) is 131 Å². The summed E-state index contributed by atoms with van der Waals surface area (Å²) in [5, 5.41) is 38.2. The van der Waals surface area contributed by atoms with Gasteiger partial charge in [-0.25, -0.2) is 0 Å². The van der Waals surface area contributed by atoms with Gasteiger partial charge in [-0.15, -0.1) is 12.8 Å². The molecule has 0 N–H and O–H groups in total. The molecule has 4 heterocycles. The van der Waals surface area contributed by atoms with E-state index in [0.717, 1.165) is 68.8 Å². The van der Waals surface area contributed by atoms with E-state index < -0.39 is 0 Å². The number of hydrogen-bond acceptors (Lipinski definition) is 24. The number of carbonyl (C=O) groups is 4. The predicted molar refractivity (Wildman–Crippen MR) is 517 cm³/mol. The molecule has 28 nitrogen and oxygen atoms in total. The molecule has 0 bridgehead atoms. The zero-order valence-corrected chi connectivity index (χ0v) is 78.3. The van der Waals surface area contributed by atoms with Crippen LogP contribution in [0.1, 0.15) is 74.6 Å². The van der Waals surface area contributed by atoms with Crippen LogP contribution in [0.15, 0.2) is 208 Å². The molecular formula is C108H120N8O20. The fourth-order valence-corrected chi connectivity index (χ4v) is 15.5. The minimum Gasteiger partial charge on any atom is -0.496 e. The molecule has 0 saturated carbocycles. The lowest BCUT2D eigenvalue weighted by molar-refractivity contribution is -0.129. The number of methoxy groups -OCH3 is 4. The van der Waals surface area contributed by atoms with Crippen LogP contribution in [0.25, 0.3) is 44.5 Å². The highest BCUT2D eigenvalue weighted by Crippen LogP contribution is 2.41. The molecule has 4 aliphatic heterocycles. The van der Waals surface area contributed by atoms with E-state index in [1.165, 1.54) is 24.3 Å². The molecule has 8 aromatic carbocycles. The van der Waals surface area contributed by atoms with Crippen molar-refractivity contribution in [3.05, 3.63) is 231 Å². The van der Waals surface area contributed by atoms with Crippen molar-refractivity contribution in [2.75, 3.05) is 173 Å². The molecule has 8 aromatic rings. The second-order valence-electron chi connectivity index (χ2n) is 31.7. The van der Waals surface area contributed by atoms with E-state index in [2.05, 4.69) is 76.3 Å². The number of piperidine rings is 4. The van der Waals surface area contributed by atoms with E-state index in [-0.39, 0.29) is 73.1 Å². The van der Waals surface area contributed by atoms with Crippen LogP contribution in [0.5, 0.6) is 57.5 Å². The quantitative estimate of drug-likeness (QED) is 0.0195. The maximum atomic E-state index is 11.9. The third kappa shape index (κ3) is 33.0. The van der Waals surface area contributed by atoms with Crippen molar-refractivity contribution >= 4 is 23.6 Å². The monoisotopic (exact) mass is 1850 g/mol. The topological polar surface area (TPSA) is 324 Å². The molecule has 712 valence electrons. The Bertz CT molecular complexity index is 5420. The molecule has 12 rings (SSSR count). The number of hydrogen-bond donors (Lipinski definition) is 0. The average molecular weight is 1850 g/mol. The smallest absolute Gasteiger partial charge is 0.245 e. The lowest BCUT2D eigenvalue weighted by Gasteiger charge is -2.36. The number of nitriles is 4. The van der Waals surface area contributed by atoms with Crippen molar-refractivity contribution in [1.82, 2.24) is 19.6 Å². The maximum Gasteiger partial charge on any atom is 0.245 e. The molecule has 0 aliphatic carbocycles. The first-order valence-corrected chi connectivity index (χ1v) is 45.0. The Kier molecular flexibility index (Phi) is 44.2. The molecule has 4 aliphatic rings. The first kappa shape index (κ1) is 105. The van der Waals surface area contributed by atoms with Gasteiger partial charge in [-0.1, -0.05) is 88.4 Å². The normalized spacial score (nSPS) is 15.5. The number of ether oxygens (including phenoxy) is 16. The van der Waals surface area contributed by atoms with Gasteiger partial charge < -0.3 is 95.4 Å². The Morgan fingerprint density at radius 2 is 0.640 bits per heavy atom. The zero-order valence-electron chi connectivity index (χ0n) is 78.3. The highest BCUT2D eigenvalue weighted by molar-refractivity contribution is 5.89. The summed E-state index contributed by atoms with van der Waals surface area (Å²) in [4.78, 5) is 54.5. The van der Waals surface area contributed by atoms with Gasteiger partial charge in [0.15, 0.2) is 0 Å². The number of amides is 4. The van der Waals surface area contributed by atoms with Crippen molar-refractivity contribution < 1.29 is 95.0 Å². The first-order chi connectivity index (χ1) is 66.2. The Morgan fingerprint density at radius 1 is 0.338 bits per heavy atom. The van der Waals surface area contributed by atoms with Crippen LogP contribution >= 0.6 is 0 Å². The van der Waals surface area contributed by atoms with E-state index >= 15 is 0 Å². The Labute approximate surface area is 798 Å². The summed E-state index contributed by atoms with van der Waals surface area (Å²) in [5.41, 5.74) is 8.73. The van der Waals surface area contributed by atoms with E-state index in [4.69, 9.17) is 88.6 Å². The minimum absolute atomic E-state index is 0.0201. The fraction of sp³-hybridized carbons (Fsp3) is 0.370. The first-order valence-electron chi connectivity index (χ1n) is 45.0. The van der Waals surface area contributed by atoms with E-state index in [1.807, 2.05) is 115 Å². The summed E-state index contributed by atoms with van der Waals surface area (Å²) >= 11 is 0. The van der Waals surface area contributed by atoms with Crippen LogP contribution in [0.3, 0.4) is 0 Å². The number of nitrogens with zero attached hydrogens (tertiary/aromatic N) is 8. The van der Waals surface area contributed by atoms with Crippen LogP contribution < -0.4 is 47.4 Å². The lowest BCUT2D eigenvalue weighted by Crippen LogP contribution is -2.46. The summed E-state index contributed by atoms with van der Waals surface area (Å²) in [6.45, 7) is 29.1. The summed E-state index contributed by atoms with van der Waals surface area (Å²) in [5.74, 6) is 11.4. The summed E-state index contributed by atoms with van der Waals surface area (Å²) in [7, 11) is 6.45. The molecule has 0 spiro atoms. The van der Waals surface area contributed by atoms with Crippen molar-refractivity contribution in [3.63, 3.8) is 0 Å². The fourth-order valence-electron chi connectivity index (χ4n) is 15.5. The van der Waals surface area contributed by atoms with Gasteiger partial charge in [0.1, 0.15) is 108 Å². The van der Waals surface area contributed by atoms with Gasteiger partial charge in [0.2, 0.25) is 23.6 Å². The number of rotatable bonds is 42. The van der Waals surface area contributed by atoms with Crippen molar-refractivity contribution in [2.45, 2.75) is 76.8 Å². The SMILES string of the molecule is C#CCOCCOCCOCCOc1ccc(-c2cc(C#N)cc(OC3CCN(C(=O)C=C)CC3)c2)c(OC)c1.C#CCOCCOCCOCCOc1ccc(OC)c(-c2cc(C#N)cc(OC3CCN(C(=O)C=C)CC3)c2)c1.C=CC(=O)N1CC[C@H](Oc2cc(C#N)cc(-c3ccccc3OC)c2)[C@@H](C)C1.C=CC(=O)N1CC[C@H](Oc2cc(C#N)cc(-c3ccccc3OC)c2)[C@H](C)C1. The van der Waals surface area contributed by atoms with E-state index in [0.29, 0.717) is 226 Å². The second kappa shape index (κ2) is 57.1. The third-order valence-electron chi connectivity index (χ3n) is 22.5. The van der Waals surface area contributed by atoms with E-state index in [1.54, 1.807) is 90.5 Å². The predicted octanol–water partition coefficient (Wildman–Crippen LogP) is 15.8. The van der Waals surface area contributed by atoms with Crippen molar-refractivity contribution in [2.24, 2.45) is 11.8 Å². The van der Waals surface area contributed by atoms with Crippen LogP contribution in [0.2, 0.25) is 0 Å². The van der Waals surface area contributed by atoms with Gasteiger partial charge in [0.25, 0.3) is 0 Å². The number of benzene rings is 8. The number of likely N-dealkylation sites (tertiary alicyclic amines) is 4. The van der Waals surface area contributed by atoms with Crippen LogP contribution in [0.4, 0.5) is 0 Å². The number of carbonyl (C=O) groups excluding carboxylic acids is 4. The third-order valence-corrected chi connectivity index (χ3v) is 22.5.